The number of hydrogen-bond donors (Lipinski definition) is 2. The van der Waals surface area contributed by atoms with Crippen LogP contribution in [0.4, 0.5) is 0 Å². The summed E-state index contributed by atoms with van der Waals surface area (Å²) in [5.74, 6) is -0.736. The van der Waals surface area contributed by atoms with Gasteiger partial charge in [-0.05, 0) is 25.9 Å². The van der Waals surface area contributed by atoms with Gasteiger partial charge in [0.2, 0.25) is 0 Å². The van der Waals surface area contributed by atoms with Crippen LogP contribution in [0.3, 0.4) is 0 Å². The van der Waals surface area contributed by atoms with Crippen molar-refractivity contribution in [3.63, 3.8) is 0 Å². The fraction of sp³-hybridized carbons (Fsp3) is 0.889. The van der Waals surface area contributed by atoms with Crippen molar-refractivity contribution in [2.45, 2.75) is 18.9 Å². The van der Waals surface area contributed by atoms with Crippen molar-refractivity contribution in [1.82, 2.24) is 10.2 Å². The monoisotopic (exact) mass is 220 g/mol. The molecule has 82 valence electrons. The Bertz CT molecular complexity index is 201. The van der Waals surface area contributed by atoms with Gasteiger partial charge < -0.3 is 10.4 Å². The minimum atomic E-state index is -0.634. The first kappa shape index (κ1) is 11.8. The van der Waals surface area contributed by atoms with Crippen molar-refractivity contribution in [1.29, 1.82) is 0 Å². The summed E-state index contributed by atoms with van der Waals surface area (Å²) in [7, 11) is 0. The van der Waals surface area contributed by atoms with Gasteiger partial charge in [0.15, 0.2) is 0 Å². The van der Waals surface area contributed by atoms with E-state index in [9.17, 15) is 4.79 Å². The van der Waals surface area contributed by atoms with Gasteiger partial charge in [-0.3, -0.25) is 9.69 Å². The summed E-state index contributed by atoms with van der Waals surface area (Å²) in [6.07, 6.45) is 2.35. The van der Waals surface area contributed by atoms with Crippen LogP contribution in [0.5, 0.6) is 0 Å². The number of rotatable bonds is 2. The van der Waals surface area contributed by atoms with Crippen LogP contribution in [-0.2, 0) is 4.79 Å². The summed E-state index contributed by atoms with van der Waals surface area (Å²) >= 11 is 0. The van der Waals surface area contributed by atoms with Gasteiger partial charge in [-0.25, -0.2) is 0 Å². The summed E-state index contributed by atoms with van der Waals surface area (Å²) in [6.45, 7) is 3.69. The molecule has 0 spiro atoms. The van der Waals surface area contributed by atoms with E-state index in [4.69, 9.17) is 5.11 Å². The lowest BCUT2D eigenvalue weighted by atomic mass is 9.94. The maximum Gasteiger partial charge on any atom is 0.309 e. The molecule has 0 atom stereocenters. The van der Waals surface area contributed by atoms with E-state index in [-0.39, 0.29) is 18.3 Å². The first-order chi connectivity index (χ1) is 6.27. The van der Waals surface area contributed by atoms with E-state index >= 15 is 0 Å². The highest BCUT2D eigenvalue weighted by molar-refractivity contribution is 5.85. The number of aliphatic carboxylic acids is 1. The molecule has 0 aliphatic carbocycles. The van der Waals surface area contributed by atoms with Crippen LogP contribution in [0.1, 0.15) is 12.8 Å². The maximum atomic E-state index is 10.6. The lowest BCUT2D eigenvalue weighted by Crippen LogP contribution is -2.56. The predicted octanol–water partition coefficient (Wildman–Crippen LogP) is 0.177. The number of halogens is 1. The molecule has 0 aromatic rings. The second-order valence-electron chi connectivity index (χ2n) is 3.97. The third-order valence-corrected chi connectivity index (χ3v) is 3.08. The normalized spacial score (nSPS) is 25.1. The van der Waals surface area contributed by atoms with E-state index in [0.29, 0.717) is 6.04 Å². The van der Waals surface area contributed by atoms with E-state index in [2.05, 4.69) is 10.2 Å². The van der Waals surface area contributed by atoms with Crippen molar-refractivity contribution in [3.8, 4) is 0 Å². The third kappa shape index (κ3) is 2.38. The number of hydrogen-bond acceptors (Lipinski definition) is 3. The standard InChI is InChI=1S/C9H16N2O2.ClH/c12-9(13)7-5-11(6-7)8-1-3-10-4-2-8;/h7-8,10H,1-6H2,(H,12,13);1H. The first-order valence-electron chi connectivity index (χ1n) is 4.95. The van der Waals surface area contributed by atoms with Crippen LogP contribution in [-0.4, -0.2) is 48.2 Å². The molecule has 0 amide bonds. The van der Waals surface area contributed by atoms with E-state index in [1.807, 2.05) is 0 Å². The molecule has 2 saturated heterocycles. The molecular formula is C9H17ClN2O2. The van der Waals surface area contributed by atoms with Crippen molar-refractivity contribution in [2.75, 3.05) is 26.2 Å². The Morgan fingerprint density at radius 2 is 1.86 bits per heavy atom. The lowest BCUT2D eigenvalue weighted by Gasteiger charge is -2.44. The summed E-state index contributed by atoms with van der Waals surface area (Å²) in [5, 5.41) is 12.0. The van der Waals surface area contributed by atoms with Crippen LogP contribution >= 0.6 is 12.4 Å². The van der Waals surface area contributed by atoms with Gasteiger partial charge in [0, 0.05) is 19.1 Å². The Kier molecular flexibility index (Phi) is 4.16. The molecule has 0 aromatic heterocycles. The van der Waals surface area contributed by atoms with Crippen molar-refractivity contribution >= 4 is 18.4 Å². The van der Waals surface area contributed by atoms with Crippen molar-refractivity contribution < 1.29 is 9.90 Å². The number of carboxylic acid groups (broad SMARTS) is 1. The SMILES string of the molecule is Cl.O=C(O)C1CN(C2CCNCC2)C1. The summed E-state index contributed by atoms with van der Waals surface area (Å²) in [6, 6.07) is 0.636. The Hall–Kier alpha value is -0.320. The molecule has 0 radical (unpaired) electrons. The maximum absolute atomic E-state index is 10.6. The number of nitrogens with one attached hydrogen (secondary N) is 1. The zero-order chi connectivity index (χ0) is 9.26. The average molecular weight is 221 g/mol. The molecule has 2 rings (SSSR count). The second-order valence-corrected chi connectivity index (χ2v) is 3.97. The smallest absolute Gasteiger partial charge is 0.309 e. The third-order valence-electron chi connectivity index (χ3n) is 3.08. The van der Waals surface area contributed by atoms with Gasteiger partial charge >= 0.3 is 5.97 Å². The molecular weight excluding hydrogens is 204 g/mol. The molecule has 0 unspecified atom stereocenters. The van der Waals surface area contributed by atoms with E-state index in [0.717, 1.165) is 26.2 Å². The van der Waals surface area contributed by atoms with Crippen molar-refractivity contribution in [2.24, 2.45) is 5.92 Å². The number of carboxylic acids is 1. The molecule has 2 aliphatic rings. The number of carbonyl (C=O) groups is 1. The molecule has 4 nitrogen and oxygen atoms in total. The second kappa shape index (κ2) is 4.96. The molecule has 0 bridgehead atoms. The molecule has 14 heavy (non-hydrogen) atoms. The van der Waals surface area contributed by atoms with E-state index in [1.165, 1.54) is 12.8 Å². The summed E-state index contributed by atoms with van der Waals surface area (Å²) in [5.41, 5.74) is 0. The van der Waals surface area contributed by atoms with Gasteiger partial charge in [0.05, 0.1) is 5.92 Å². The minimum Gasteiger partial charge on any atom is -0.481 e. The van der Waals surface area contributed by atoms with Gasteiger partial charge in [0.25, 0.3) is 0 Å². The Morgan fingerprint density at radius 3 is 2.36 bits per heavy atom. The number of piperidine rings is 1. The minimum absolute atomic E-state index is 0. The highest BCUT2D eigenvalue weighted by Gasteiger charge is 2.36. The van der Waals surface area contributed by atoms with Gasteiger partial charge in [0.1, 0.15) is 0 Å². The first-order valence-corrected chi connectivity index (χ1v) is 4.95. The largest absolute Gasteiger partial charge is 0.481 e. The lowest BCUT2D eigenvalue weighted by molar-refractivity contribution is -0.148. The quantitative estimate of drug-likeness (QED) is 0.697. The fourth-order valence-corrected chi connectivity index (χ4v) is 2.14. The Labute approximate surface area is 90.1 Å². The van der Waals surface area contributed by atoms with Gasteiger partial charge in [-0.15, -0.1) is 12.4 Å². The van der Waals surface area contributed by atoms with Crippen LogP contribution < -0.4 is 5.32 Å². The molecule has 2 aliphatic heterocycles. The molecule has 2 heterocycles. The summed E-state index contributed by atoms with van der Waals surface area (Å²) in [4.78, 5) is 12.9. The van der Waals surface area contributed by atoms with Crippen LogP contribution in [0.15, 0.2) is 0 Å². The van der Waals surface area contributed by atoms with Crippen LogP contribution in [0.2, 0.25) is 0 Å². The van der Waals surface area contributed by atoms with Crippen LogP contribution in [0, 0.1) is 5.92 Å². The van der Waals surface area contributed by atoms with Gasteiger partial charge in [-0.1, -0.05) is 0 Å². The molecule has 2 N–H and O–H groups in total. The van der Waals surface area contributed by atoms with Crippen molar-refractivity contribution in [3.05, 3.63) is 0 Å². The Morgan fingerprint density at radius 1 is 1.29 bits per heavy atom. The van der Waals surface area contributed by atoms with E-state index in [1.54, 1.807) is 0 Å². The highest BCUT2D eigenvalue weighted by Crippen LogP contribution is 2.22. The zero-order valence-corrected chi connectivity index (χ0v) is 8.92. The number of likely N-dealkylation sites (tertiary alicyclic amines) is 1. The van der Waals surface area contributed by atoms with E-state index < -0.39 is 5.97 Å². The number of nitrogens with zero attached hydrogens (tertiary/aromatic N) is 1. The zero-order valence-electron chi connectivity index (χ0n) is 8.11. The van der Waals surface area contributed by atoms with Gasteiger partial charge in [-0.2, -0.15) is 0 Å². The molecule has 5 heteroatoms. The molecule has 0 saturated carbocycles. The predicted molar refractivity (Wildman–Crippen MR) is 55.8 cm³/mol. The fourth-order valence-electron chi connectivity index (χ4n) is 2.14. The highest BCUT2D eigenvalue weighted by atomic mass is 35.5. The Balaban J connectivity index is 0.000000980. The average Bonchev–Trinajstić information content (AvgIpc) is 2.02. The van der Waals surface area contributed by atoms with Crippen LogP contribution in [0.25, 0.3) is 0 Å². The topological polar surface area (TPSA) is 52.6 Å². The summed E-state index contributed by atoms with van der Waals surface area (Å²) < 4.78 is 0. The molecule has 0 aromatic carbocycles. The molecule has 2 fully saturated rings.